The van der Waals surface area contributed by atoms with E-state index in [9.17, 15) is 77.6 Å². The van der Waals surface area contributed by atoms with Gasteiger partial charge in [0.1, 0.15) is 78.5 Å². The molecular formula is C91H139N31O19. The Morgan fingerprint density at radius 1 is 0.333 bits per heavy atom. The lowest BCUT2D eigenvalue weighted by Crippen LogP contribution is -2.61. The SMILES string of the molecule is CC(C)C[C@H](NC(=O)CNC(=O)[C@H](CC(C)C)NC(=O)[C@H](CCCCN)NC(=O)[C@H](CO)NC(=O)[C@H](C)NC(=O)[C@H](CCCNC(=N)N)NC(=O)[C@H](Cc1c[nH]c2ccccc12)NC(=O)[C@H](CCCNC(=N)N)NC(=O)[C@H](CCCNC(=N)N)NC(=O)[C@H](CCC(=O)O)NC(=O)[C@H](Cc1c[nH]c2ccccc12)NC(=O)[C@@H](N)Cc1c[nH]c2ccccc12)C(=O)N[C@@H](C)C(=O)N[C@@H](CCCNC(=N)N)C(=O)O. The molecule has 3 heterocycles. The predicted octanol–water partition coefficient (Wildman–Crippen LogP) is -4.84. The third-order valence-electron chi connectivity index (χ3n) is 22.7. The van der Waals surface area contributed by atoms with Gasteiger partial charge in [0.05, 0.1) is 19.2 Å². The lowest BCUT2D eigenvalue weighted by Gasteiger charge is -2.28. The van der Waals surface area contributed by atoms with E-state index in [0.29, 0.717) is 44.9 Å². The summed E-state index contributed by atoms with van der Waals surface area (Å²) in [5.41, 5.74) is 38.3. The Morgan fingerprint density at radius 3 is 0.993 bits per heavy atom. The third-order valence-corrected chi connectivity index (χ3v) is 22.7. The number of aliphatic hydroxyl groups excluding tert-OH is 1. The number of aliphatic carboxylic acids is 2. The molecule has 40 N–H and O–H groups in total. The van der Waals surface area contributed by atoms with E-state index in [0.717, 1.165) is 10.9 Å². The largest absolute Gasteiger partial charge is 0.481 e. The molecule has 0 aliphatic carbocycles. The molecule has 0 unspecified atom stereocenters. The highest BCUT2D eigenvalue weighted by Gasteiger charge is 2.39. The number of aliphatic hydroxyl groups is 1. The van der Waals surface area contributed by atoms with Crippen LogP contribution in [0.15, 0.2) is 91.4 Å². The van der Waals surface area contributed by atoms with Gasteiger partial charge in [-0.1, -0.05) is 82.3 Å². The molecule has 50 nitrogen and oxygen atoms in total. The first-order valence-electron chi connectivity index (χ1n) is 46.6. The molecule has 0 fully saturated rings. The van der Waals surface area contributed by atoms with Gasteiger partial charge < -0.3 is 160 Å². The van der Waals surface area contributed by atoms with Crippen molar-refractivity contribution < 1.29 is 92.0 Å². The van der Waals surface area contributed by atoms with Gasteiger partial charge in [0.15, 0.2) is 23.8 Å². The number of carboxylic acid groups (broad SMARTS) is 2. The fourth-order valence-electron chi connectivity index (χ4n) is 15.2. The monoisotopic (exact) mass is 1970 g/mol. The topological polar surface area (TPSA) is 849 Å². The van der Waals surface area contributed by atoms with Crippen LogP contribution >= 0.6 is 0 Å². The van der Waals surface area contributed by atoms with E-state index >= 15 is 14.4 Å². The molecule has 772 valence electrons. The Kier molecular flexibility index (Phi) is 47.5. The number of nitrogens with one attached hydrogen (secondary N) is 25. The summed E-state index contributed by atoms with van der Waals surface area (Å²) in [6, 6.07) is 0.200. The minimum Gasteiger partial charge on any atom is -0.481 e. The molecule has 3 aromatic heterocycles. The zero-order chi connectivity index (χ0) is 104. The second-order valence-electron chi connectivity index (χ2n) is 35.1. The Labute approximate surface area is 813 Å². The van der Waals surface area contributed by atoms with Crippen LogP contribution in [-0.4, -0.2) is 279 Å². The Hall–Kier alpha value is -15.2. The number of aromatic nitrogens is 3. The molecule has 0 spiro atoms. The van der Waals surface area contributed by atoms with Crippen LogP contribution in [0.25, 0.3) is 32.7 Å². The van der Waals surface area contributed by atoms with Crippen LogP contribution in [0.3, 0.4) is 0 Å². The molecule has 0 aliphatic rings. The molecule has 14 atom stereocenters. The van der Waals surface area contributed by atoms with Crippen molar-refractivity contribution in [2.24, 2.45) is 46.2 Å². The molecular weight excluding hydrogens is 1830 g/mol. The number of hydrogen-bond donors (Lipinski definition) is 34. The molecule has 0 bridgehead atoms. The van der Waals surface area contributed by atoms with Crippen LogP contribution in [0, 0.1) is 33.5 Å². The number of rotatable bonds is 63. The number of carbonyl (C=O) groups excluding carboxylic acids is 14. The van der Waals surface area contributed by atoms with E-state index in [1.807, 2.05) is 24.3 Å². The van der Waals surface area contributed by atoms with Gasteiger partial charge >= 0.3 is 11.9 Å². The summed E-state index contributed by atoms with van der Waals surface area (Å²) in [4.78, 5) is 235. The number of nitrogens with two attached hydrogens (primary N) is 6. The highest BCUT2D eigenvalue weighted by Crippen LogP contribution is 2.24. The summed E-state index contributed by atoms with van der Waals surface area (Å²) in [7, 11) is 0. The maximum atomic E-state index is 15.3. The summed E-state index contributed by atoms with van der Waals surface area (Å²) in [5.74, 6) is -18.4. The molecule has 0 aliphatic heterocycles. The van der Waals surface area contributed by atoms with Crippen molar-refractivity contribution in [3.05, 3.63) is 108 Å². The van der Waals surface area contributed by atoms with E-state index in [1.54, 1.807) is 94.8 Å². The number of para-hydroxylation sites is 3. The molecule has 0 radical (unpaired) electrons. The van der Waals surface area contributed by atoms with Crippen LogP contribution in [0.2, 0.25) is 0 Å². The molecule has 3 aromatic carbocycles. The fourth-order valence-corrected chi connectivity index (χ4v) is 15.2. The number of carboxylic acids is 2. The first kappa shape index (κ1) is 114. The number of fused-ring (bicyclic) bond motifs is 3. The lowest BCUT2D eigenvalue weighted by atomic mass is 10.0. The zero-order valence-electron chi connectivity index (χ0n) is 79.9. The Bertz CT molecular complexity index is 5310. The van der Waals surface area contributed by atoms with Gasteiger partial charge in [-0.25, -0.2) is 4.79 Å². The van der Waals surface area contributed by atoms with E-state index in [2.05, 4.69) is 111 Å². The standard InChI is InChI=1S/C91H139N31O19/c1-47(2)37-67(77(130)109-45-72(124)112-68(38-48(3)4)83(136)111-49(5)74(127)118-66(87(140)141)29-18-36-105-91(100)101)120-80(133)61(25-13-14-32-92)116-86(139)71(46-123)122-75(128)50(6)110-78(131)62(26-15-33-102-88(94)95)115-85(138)70(41-53-44-108-60-24-12-9-21-56(53)60)121-81(134)64(28-17-35-104-90(98)99)113-79(132)63(27-16-34-103-89(96)97)114-82(135)65(30-31-73(125)126)117-84(137)69(40-52-43-107-59-23-11-8-20-55(52)59)119-76(129)57(93)39-51-42-106-58-22-10-7-19-54(51)58/h7-12,19-24,42-44,47-50,57,61-71,106-108,123H,13-18,25-41,45-46,92-93H2,1-6H3,(H,109,130)(H,110,131)(H,111,136)(H,112,124)(H,113,132)(H,114,135)(H,115,138)(H,116,139)(H,117,137)(H,118,127)(H,119,129)(H,120,133)(H,121,134)(H,122,128)(H,125,126)(H,140,141)(H4,94,95,102)(H4,96,97,103)(H4,98,99,104)(H4,100,101,105)/t49-,50-,57-,61-,62-,63-,64-,65-,66-,67-,68-,69-,70-,71-/m0/s1. The van der Waals surface area contributed by atoms with Crippen molar-refractivity contribution in [3.63, 3.8) is 0 Å². The predicted molar refractivity (Wildman–Crippen MR) is 523 cm³/mol. The average Bonchev–Trinajstić information content (AvgIpc) is 1.69. The van der Waals surface area contributed by atoms with E-state index in [1.165, 1.54) is 13.8 Å². The van der Waals surface area contributed by atoms with Crippen molar-refractivity contribution in [1.29, 1.82) is 21.6 Å². The summed E-state index contributed by atoms with van der Waals surface area (Å²) in [6.45, 7) is 7.81. The van der Waals surface area contributed by atoms with Gasteiger partial charge in [-0.3, -0.25) is 93.6 Å². The highest BCUT2D eigenvalue weighted by atomic mass is 16.4. The fraction of sp³-hybridized carbons (Fsp3) is 0.516. The summed E-state index contributed by atoms with van der Waals surface area (Å²) in [6.07, 6.45) is 2.93. The molecule has 14 amide bonds. The number of H-pyrrole nitrogens is 3. The second kappa shape index (κ2) is 58.5. The first-order chi connectivity index (χ1) is 66.9. The van der Waals surface area contributed by atoms with E-state index in [4.69, 9.17) is 56.0 Å². The quantitative estimate of drug-likeness (QED) is 0.00967. The van der Waals surface area contributed by atoms with Crippen molar-refractivity contribution in [2.45, 2.75) is 242 Å². The summed E-state index contributed by atoms with van der Waals surface area (Å²) in [5, 5.41) is 109. The minimum absolute atomic E-state index is 0.00517. The van der Waals surface area contributed by atoms with Gasteiger partial charge in [-0.05, 0) is 163 Å². The molecule has 0 saturated carbocycles. The Balaban J connectivity index is 1.21. The minimum atomic E-state index is -1.83. The summed E-state index contributed by atoms with van der Waals surface area (Å²) >= 11 is 0. The number of hydrogen-bond acceptors (Lipinski definition) is 23. The van der Waals surface area contributed by atoms with Gasteiger partial charge in [0.25, 0.3) is 0 Å². The first-order valence-corrected chi connectivity index (χ1v) is 46.6. The number of carbonyl (C=O) groups is 16. The molecule has 0 saturated heterocycles. The van der Waals surface area contributed by atoms with Crippen LogP contribution in [0.1, 0.15) is 155 Å². The number of amides is 14. The molecule has 50 heteroatoms. The Morgan fingerprint density at radius 2 is 0.631 bits per heavy atom. The maximum Gasteiger partial charge on any atom is 0.326 e. The van der Waals surface area contributed by atoms with Crippen LogP contribution in [-0.2, 0) is 96.0 Å². The highest BCUT2D eigenvalue weighted by molar-refractivity contribution is 6.02. The van der Waals surface area contributed by atoms with E-state index in [-0.39, 0.29) is 147 Å². The van der Waals surface area contributed by atoms with Gasteiger partial charge in [0, 0.05) is 96.7 Å². The lowest BCUT2D eigenvalue weighted by molar-refractivity contribution is -0.142. The smallest absolute Gasteiger partial charge is 0.326 e. The molecule has 6 rings (SSSR count). The zero-order valence-corrected chi connectivity index (χ0v) is 79.9. The van der Waals surface area contributed by atoms with Crippen molar-refractivity contribution in [1.82, 2.24) is 111 Å². The van der Waals surface area contributed by atoms with E-state index < -0.39 is 223 Å². The van der Waals surface area contributed by atoms with Gasteiger partial charge in [0.2, 0.25) is 82.7 Å². The van der Waals surface area contributed by atoms with Gasteiger partial charge in [-0.15, -0.1) is 0 Å². The number of guanidine groups is 4. The summed E-state index contributed by atoms with van der Waals surface area (Å²) < 4.78 is 0. The number of aromatic amines is 3. The van der Waals surface area contributed by atoms with Crippen molar-refractivity contribution >= 4 is 151 Å². The van der Waals surface area contributed by atoms with Gasteiger partial charge in [-0.2, -0.15) is 0 Å². The van der Waals surface area contributed by atoms with Crippen LogP contribution in [0.4, 0.5) is 0 Å². The third kappa shape index (κ3) is 39.6. The number of unbranched alkanes of at least 4 members (excludes halogenated alkanes) is 1. The average molecular weight is 1970 g/mol. The van der Waals surface area contributed by atoms with Crippen LogP contribution in [0.5, 0.6) is 0 Å². The molecule has 6 aromatic rings. The molecule has 141 heavy (non-hydrogen) atoms. The van der Waals surface area contributed by atoms with Crippen molar-refractivity contribution in [3.8, 4) is 0 Å². The normalized spacial score (nSPS) is 14.2. The maximum absolute atomic E-state index is 15.3. The van der Waals surface area contributed by atoms with Crippen LogP contribution < -0.4 is 130 Å². The van der Waals surface area contributed by atoms with Crippen molar-refractivity contribution in [2.75, 3.05) is 45.9 Å². The number of benzene rings is 3. The second-order valence-corrected chi connectivity index (χ2v) is 35.1.